The van der Waals surface area contributed by atoms with E-state index in [9.17, 15) is 10.2 Å². The number of rotatable bonds is 7. The first-order chi connectivity index (χ1) is 16.2. The SMILES string of the molecule is CCc1cnn2c(NCc3ccc(-c4ccccn4)cc3)nc(N3C[C@H](O)C[C@H]3CO)nc12. The van der Waals surface area contributed by atoms with Crippen LogP contribution in [0.1, 0.15) is 24.5 Å². The maximum Gasteiger partial charge on any atom is 0.231 e. The predicted octanol–water partition coefficient (Wildman–Crippen LogP) is 2.29. The van der Waals surface area contributed by atoms with Gasteiger partial charge in [0.05, 0.1) is 30.6 Å². The number of hydrogen-bond donors (Lipinski definition) is 3. The van der Waals surface area contributed by atoms with Crippen molar-refractivity contribution in [3.05, 3.63) is 66.0 Å². The third-order valence-corrected chi connectivity index (χ3v) is 6.04. The zero-order valence-electron chi connectivity index (χ0n) is 18.5. The topological polar surface area (TPSA) is 112 Å². The maximum atomic E-state index is 10.1. The zero-order chi connectivity index (χ0) is 22.8. The van der Waals surface area contributed by atoms with E-state index >= 15 is 0 Å². The Morgan fingerprint density at radius 2 is 1.97 bits per heavy atom. The Balaban J connectivity index is 1.42. The third kappa shape index (κ3) is 4.24. The third-order valence-electron chi connectivity index (χ3n) is 6.04. The van der Waals surface area contributed by atoms with Crippen LogP contribution in [-0.2, 0) is 13.0 Å². The van der Waals surface area contributed by atoms with Crippen molar-refractivity contribution in [3.63, 3.8) is 0 Å². The van der Waals surface area contributed by atoms with Gasteiger partial charge in [-0.3, -0.25) is 4.98 Å². The van der Waals surface area contributed by atoms with Crippen molar-refractivity contribution in [3.8, 4) is 11.3 Å². The van der Waals surface area contributed by atoms with Gasteiger partial charge in [-0.1, -0.05) is 37.3 Å². The fourth-order valence-corrected chi connectivity index (χ4v) is 4.22. The molecule has 0 spiro atoms. The van der Waals surface area contributed by atoms with E-state index in [2.05, 4.69) is 46.6 Å². The number of nitrogens with one attached hydrogen (secondary N) is 1. The molecule has 3 N–H and O–H groups in total. The summed E-state index contributed by atoms with van der Waals surface area (Å²) in [5.41, 5.74) is 4.84. The second-order valence-electron chi connectivity index (χ2n) is 8.25. The Kier molecular flexibility index (Phi) is 5.89. The summed E-state index contributed by atoms with van der Waals surface area (Å²) in [7, 11) is 0. The van der Waals surface area contributed by atoms with Crippen LogP contribution in [0.4, 0.5) is 11.9 Å². The molecule has 0 unspecified atom stereocenters. The fraction of sp³-hybridized carbons (Fsp3) is 0.333. The summed E-state index contributed by atoms with van der Waals surface area (Å²) in [5, 5.41) is 27.8. The molecule has 1 fully saturated rings. The number of benzene rings is 1. The quantitative estimate of drug-likeness (QED) is 0.397. The molecular weight excluding hydrogens is 418 g/mol. The van der Waals surface area contributed by atoms with Crippen molar-refractivity contribution in [1.29, 1.82) is 0 Å². The molecule has 33 heavy (non-hydrogen) atoms. The smallest absolute Gasteiger partial charge is 0.231 e. The molecule has 0 aliphatic carbocycles. The van der Waals surface area contributed by atoms with Crippen LogP contribution in [-0.4, -0.2) is 60.1 Å². The molecule has 2 atom stereocenters. The van der Waals surface area contributed by atoms with E-state index in [0.717, 1.165) is 34.5 Å². The maximum absolute atomic E-state index is 10.1. The highest BCUT2D eigenvalue weighted by Crippen LogP contribution is 2.26. The monoisotopic (exact) mass is 445 g/mol. The number of hydrogen-bond acceptors (Lipinski definition) is 8. The summed E-state index contributed by atoms with van der Waals surface area (Å²) in [4.78, 5) is 15.7. The summed E-state index contributed by atoms with van der Waals surface area (Å²) in [6, 6.07) is 13.9. The van der Waals surface area contributed by atoms with Gasteiger partial charge in [0.15, 0.2) is 5.65 Å². The van der Waals surface area contributed by atoms with Gasteiger partial charge >= 0.3 is 0 Å². The molecule has 5 rings (SSSR count). The van der Waals surface area contributed by atoms with Gasteiger partial charge in [-0.25, -0.2) is 0 Å². The van der Waals surface area contributed by atoms with Crippen molar-refractivity contribution >= 4 is 17.5 Å². The zero-order valence-corrected chi connectivity index (χ0v) is 18.5. The first kappa shape index (κ1) is 21.3. The Labute approximate surface area is 191 Å². The van der Waals surface area contributed by atoms with Gasteiger partial charge in [0.25, 0.3) is 0 Å². The van der Waals surface area contributed by atoms with Crippen LogP contribution >= 0.6 is 0 Å². The van der Waals surface area contributed by atoms with Crippen LogP contribution in [0.2, 0.25) is 0 Å². The molecular formula is C24H27N7O2. The minimum absolute atomic E-state index is 0.0587. The second kappa shape index (κ2) is 9.13. The van der Waals surface area contributed by atoms with E-state index in [1.54, 1.807) is 10.7 Å². The molecule has 170 valence electrons. The van der Waals surface area contributed by atoms with E-state index in [0.29, 0.717) is 31.4 Å². The molecule has 0 radical (unpaired) electrons. The van der Waals surface area contributed by atoms with E-state index < -0.39 is 6.10 Å². The van der Waals surface area contributed by atoms with Crippen LogP contribution in [0.5, 0.6) is 0 Å². The van der Waals surface area contributed by atoms with Gasteiger partial charge in [0.2, 0.25) is 11.9 Å². The van der Waals surface area contributed by atoms with Crippen molar-refractivity contribution in [2.45, 2.75) is 38.5 Å². The highest BCUT2D eigenvalue weighted by Gasteiger charge is 2.33. The number of pyridine rings is 1. The molecule has 4 heterocycles. The molecule has 1 aromatic carbocycles. The number of aliphatic hydroxyl groups excluding tert-OH is 2. The van der Waals surface area contributed by atoms with E-state index in [1.165, 1.54) is 0 Å². The molecule has 0 bridgehead atoms. The molecule has 0 saturated carbocycles. The normalized spacial score (nSPS) is 18.2. The largest absolute Gasteiger partial charge is 0.394 e. The molecule has 1 saturated heterocycles. The Morgan fingerprint density at radius 1 is 1.12 bits per heavy atom. The molecule has 9 heteroatoms. The summed E-state index contributed by atoms with van der Waals surface area (Å²) in [6.07, 6.45) is 4.38. The van der Waals surface area contributed by atoms with Crippen molar-refractivity contribution in [2.24, 2.45) is 0 Å². The average molecular weight is 446 g/mol. The molecule has 1 aliphatic heterocycles. The standard InChI is InChI=1S/C24H27N7O2/c1-2-17-13-27-31-22(17)28-24(30-14-20(33)11-19(30)15-32)29-23(31)26-12-16-6-8-18(9-7-16)21-5-3-4-10-25-21/h3-10,13,19-20,32-33H,2,11-12,14-15H2,1H3,(H,26,28,29)/t19-,20+/m0/s1. The molecule has 1 aliphatic rings. The van der Waals surface area contributed by atoms with E-state index in [1.807, 2.05) is 29.3 Å². The summed E-state index contributed by atoms with van der Waals surface area (Å²) < 4.78 is 1.71. The number of aliphatic hydroxyl groups is 2. The van der Waals surface area contributed by atoms with Gasteiger partial charge in [-0.2, -0.15) is 19.6 Å². The van der Waals surface area contributed by atoms with Crippen molar-refractivity contribution in [1.82, 2.24) is 24.6 Å². The number of aryl methyl sites for hydroxylation is 1. The van der Waals surface area contributed by atoms with Crippen molar-refractivity contribution < 1.29 is 10.2 Å². The number of aromatic nitrogens is 5. The van der Waals surface area contributed by atoms with E-state index in [4.69, 9.17) is 9.97 Å². The minimum atomic E-state index is -0.508. The number of nitrogens with zero attached hydrogens (tertiary/aromatic N) is 6. The van der Waals surface area contributed by atoms with Crippen LogP contribution in [0, 0.1) is 0 Å². The molecule has 3 aromatic heterocycles. The van der Waals surface area contributed by atoms with Crippen LogP contribution in [0.3, 0.4) is 0 Å². The van der Waals surface area contributed by atoms with Crippen LogP contribution in [0.15, 0.2) is 54.9 Å². The Morgan fingerprint density at radius 3 is 2.70 bits per heavy atom. The highest BCUT2D eigenvalue weighted by molar-refractivity contribution is 5.59. The van der Waals surface area contributed by atoms with Gasteiger partial charge < -0.3 is 20.4 Å². The van der Waals surface area contributed by atoms with Gasteiger partial charge in [0.1, 0.15) is 0 Å². The number of anilines is 2. The highest BCUT2D eigenvalue weighted by atomic mass is 16.3. The van der Waals surface area contributed by atoms with Gasteiger partial charge in [0, 0.05) is 30.4 Å². The molecule has 9 nitrogen and oxygen atoms in total. The van der Waals surface area contributed by atoms with E-state index in [-0.39, 0.29) is 12.6 Å². The molecule has 4 aromatic rings. The van der Waals surface area contributed by atoms with Crippen LogP contribution < -0.4 is 10.2 Å². The summed E-state index contributed by atoms with van der Waals surface area (Å²) in [6.45, 7) is 2.95. The Hall–Kier alpha value is -3.56. The fourth-order valence-electron chi connectivity index (χ4n) is 4.22. The average Bonchev–Trinajstić information content (AvgIpc) is 3.46. The van der Waals surface area contributed by atoms with Crippen molar-refractivity contribution in [2.75, 3.05) is 23.4 Å². The lowest BCUT2D eigenvalue weighted by Gasteiger charge is -2.23. The minimum Gasteiger partial charge on any atom is -0.394 e. The first-order valence-electron chi connectivity index (χ1n) is 11.2. The number of fused-ring (bicyclic) bond motifs is 1. The summed E-state index contributed by atoms with van der Waals surface area (Å²) in [5.74, 6) is 1.06. The summed E-state index contributed by atoms with van der Waals surface area (Å²) >= 11 is 0. The lowest BCUT2D eigenvalue weighted by molar-refractivity contribution is 0.184. The Bertz CT molecular complexity index is 1230. The van der Waals surface area contributed by atoms with Gasteiger partial charge in [-0.15, -0.1) is 0 Å². The molecule has 0 amide bonds. The predicted molar refractivity (Wildman–Crippen MR) is 126 cm³/mol. The lowest BCUT2D eigenvalue weighted by Crippen LogP contribution is -2.34. The van der Waals surface area contributed by atoms with Crippen LogP contribution in [0.25, 0.3) is 16.9 Å². The lowest BCUT2D eigenvalue weighted by atomic mass is 10.1. The second-order valence-corrected chi connectivity index (χ2v) is 8.25. The number of β-amino-alcohol motifs (C(OH)–C–C–N with tert-alkyl or cyclic N) is 1. The van der Waals surface area contributed by atoms with Gasteiger partial charge in [-0.05, 0) is 30.5 Å². The first-order valence-corrected chi connectivity index (χ1v) is 11.2.